The van der Waals surface area contributed by atoms with E-state index in [2.05, 4.69) is 5.32 Å². The largest absolute Gasteiger partial charge is 0.393 e. The lowest BCUT2D eigenvalue weighted by molar-refractivity contribution is -0.120. The molecule has 7 nitrogen and oxygen atoms in total. The Morgan fingerprint density at radius 1 is 1.44 bits per heavy atom. The lowest BCUT2D eigenvalue weighted by atomic mass is 10.3. The summed E-state index contributed by atoms with van der Waals surface area (Å²) in [5.41, 5.74) is 4.70. The van der Waals surface area contributed by atoms with Crippen LogP contribution in [0, 0.1) is 0 Å². The molecule has 0 saturated heterocycles. The van der Waals surface area contributed by atoms with Crippen LogP contribution in [0.4, 0.5) is 5.69 Å². The van der Waals surface area contributed by atoms with Crippen molar-refractivity contribution < 1.29 is 4.79 Å². The van der Waals surface area contributed by atoms with Crippen LogP contribution >= 0.6 is 0 Å². The van der Waals surface area contributed by atoms with Crippen molar-refractivity contribution in [3.63, 3.8) is 0 Å². The summed E-state index contributed by atoms with van der Waals surface area (Å²) in [5.74, 6) is -0.122. The Morgan fingerprint density at radius 2 is 2.11 bits per heavy atom. The molecule has 1 aromatic heterocycles. The van der Waals surface area contributed by atoms with Crippen molar-refractivity contribution >= 4 is 11.6 Å². The van der Waals surface area contributed by atoms with Gasteiger partial charge in [-0.1, -0.05) is 0 Å². The molecule has 1 heterocycles. The summed E-state index contributed by atoms with van der Waals surface area (Å²) in [6, 6.07) is 0. The van der Waals surface area contributed by atoms with Crippen LogP contribution in [0.25, 0.3) is 0 Å². The SMILES string of the molecule is CCn1cc(N)c(=O)n(CCCC(=O)NC)c1=O. The summed E-state index contributed by atoms with van der Waals surface area (Å²) in [6.45, 7) is 2.43. The number of nitrogen functional groups attached to an aromatic ring is 1. The second-order valence-electron chi connectivity index (χ2n) is 3.89. The third kappa shape index (κ3) is 2.99. The molecule has 0 aliphatic rings. The molecule has 1 rings (SSSR count). The molecule has 1 aromatic rings. The average molecular weight is 254 g/mol. The molecule has 3 N–H and O–H groups in total. The predicted octanol–water partition coefficient (Wildman–Crippen LogP) is -0.862. The minimum Gasteiger partial charge on any atom is -0.393 e. The normalized spacial score (nSPS) is 10.3. The van der Waals surface area contributed by atoms with E-state index in [-0.39, 0.29) is 24.6 Å². The van der Waals surface area contributed by atoms with Crippen LogP contribution in [0.1, 0.15) is 19.8 Å². The molecule has 0 aliphatic carbocycles. The minimum absolute atomic E-state index is 0.0383. The van der Waals surface area contributed by atoms with E-state index in [1.165, 1.54) is 10.8 Å². The first kappa shape index (κ1) is 14.0. The van der Waals surface area contributed by atoms with Gasteiger partial charge in [0.25, 0.3) is 5.56 Å². The van der Waals surface area contributed by atoms with Gasteiger partial charge in [0.2, 0.25) is 5.91 Å². The number of nitrogens with zero attached hydrogens (tertiary/aromatic N) is 2. The Balaban J connectivity index is 2.95. The maximum absolute atomic E-state index is 11.9. The monoisotopic (exact) mass is 254 g/mol. The van der Waals surface area contributed by atoms with Crippen LogP contribution in [-0.4, -0.2) is 22.1 Å². The average Bonchev–Trinajstić information content (AvgIpc) is 2.37. The van der Waals surface area contributed by atoms with Crippen LogP contribution in [0.2, 0.25) is 0 Å². The van der Waals surface area contributed by atoms with Gasteiger partial charge >= 0.3 is 5.69 Å². The summed E-state index contributed by atoms with van der Waals surface area (Å²) < 4.78 is 2.44. The molecule has 0 radical (unpaired) electrons. The highest BCUT2D eigenvalue weighted by atomic mass is 16.2. The number of anilines is 1. The quantitative estimate of drug-likeness (QED) is 0.714. The summed E-state index contributed by atoms with van der Waals surface area (Å²) >= 11 is 0. The maximum atomic E-state index is 11.9. The number of rotatable bonds is 5. The van der Waals surface area contributed by atoms with Crippen LogP contribution in [0.5, 0.6) is 0 Å². The molecule has 18 heavy (non-hydrogen) atoms. The number of carbonyl (C=O) groups is 1. The molecular formula is C11H18N4O3. The number of aromatic nitrogens is 2. The maximum Gasteiger partial charge on any atom is 0.331 e. The second kappa shape index (κ2) is 6.04. The van der Waals surface area contributed by atoms with E-state index >= 15 is 0 Å². The smallest absolute Gasteiger partial charge is 0.331 e. The molecule has 0 spiro atoms. The number of hydrogen-bond donors (Lipinski definition) is 2. The minimum atomic E-state index is -0.499. The molecule has 7 heteroatoms. The van der Waals surface area contributed by atoms with Gasteiger partial charge < -0.3 is 11.1 Å². The fourth-order valence-corrected chi connectivity index (χ4v) is 1.62. The van der Waals surface area contributed by atoms with E-state index < -0.39 is 11.2 Å². The molecular weight excluding hydrogens is 236 g/mol. The van der Waals surface area contributed by atoms with Crippen LogP contribution in [0.3, 0.4) is 0 Å². The molecule has 0 atom stereocenters. The summed E-state index contributed by atoms with van der Waals surface area (Å²) in [6.07, 6.45) is 2.03. The summed E-state index contributed by atoms with van der Waals surface area (Å²) in [4.78, 5) is 34.7. The zero-order valence-electron chi connectivity index (χ0n) is 10.6. The van der Waals surface area contributed by atoms with E-state index in [4.69, 9.17) is 5.73 Å². The Morgan fingerprint density at radius 3 is 2.67 bits per heavy atom. The van der Waals surface area contributed by atoms with Gasteiger partial charge in [-0.05, 0) is 13.3 Å². The van der Waals surface area contributed by atoms with Gasteiger partial charge in [0, 0.05) is 32.8 Å². The molecule has 0 unspecified atom stereocenters. The topological polar surface area (TPSA) is 99.1 Å². The van der Waals surface area contributed by atoms with Gasteiger partial charge in [-0.2, -0.15) is 0 Å². The van der Waals surface area contributed by atoms with Crippen LogP contribution < -0.4 is 22.3 Å². The van der Waals surface area contributed by atoms with E-state index in [1.807, 2.05) is 0 Å². The number of nitrogens with two attached hydrogens (primary N) is 1. The Kier molecular flexibility index (Phi) is 4.70. The number of carbonyl (C=O) groups excluding carboxylic acids is 1. The number of nitrogens with one attached hydrogen (secondary N) is 1. The van der Waals surface area contributed by atoms with E-state index in [0.717, 1.165) is 4.57 Å². The standard InChI is InChI=1S/C11H18N4O3/c1-3-14-7-8(12)10(17)15(11(14)18)6-4-5-9(16)13-2/h7H,3-6,12H2,1-2H3,(H,13,16). The zero-order valence-corrected chi connectivity index (χ0v) is 10.6. The van der Waals surface area contributed by atoms with E-state index in [9.17, 15) is 14.4 Å². The third-order valence-electron chi connectivity index (χ3n) is 2.67. The summed E-state index contributed by atoms with van der Waals surface area (Å²) in [5, 5.41) is 2.48. The molecule has 0 aliphatic heterocycles. The fourth-order valence-electron chi connectivity index (χ4n) is 1.62. The molecule has 0 saturated carbocycles. The first-order valence-corrected chi connectivity index (χ1v) is 5.81. The second-order valence-corrected chi connectivity index (χ2v) is 3.89. The summed E-state index contributed by atoms with van der Waals surface area (Å²) in [7, 11) is 1.54. The van der Waals surface area contributed by atoms with E-state index in [0.29, 0.717) is 13.0 Å². The predicted molar refractivity (Wildman–Crippen MR) is 68.3 cm³/mol. The van der Waals surface area contributed by atoms with Crippen molar-refractivity contribution in [2.45, 2.75) is 32.9 Å². The first-order valence-electron chi connectivity index (χ1n) is 5.81. The van der Waals surface area contributed by atoms with Crippen molar-refractivity contribution in [2.24, 2.45) is 0 Å². The Hall–Kier alpha value is -2.05. The molecule has 0 fully saturated rings. The van der Waals surface area contributed by atoms with Crippen LogP contribution in [0.15, 0.2) is 15.8 Å². The molecule has 0 bridgehead atoms. The van der Waals surface area contributed by atoms with Crippen molar-refractivity contribution in [3.8, 4) is 0 Å². The number of hydrogen-bond acceptors (Lipinski definition) is 4. The van der Waals surface area contributed by atoms with E-state index in [1.54, 1.807) is 14.0 Å². The molecule has 0 aromatic carbocycles. The van der Waals surface area contributed by atoms with Gasteiger partial charge in [-0.15, -0.1) is 0 Å². The zero-order chi connectivity index (χ0) is 13.7. The van der Waals surface area contributed by atoms with Crippen molar-refractivity contribution in [1.29, 1.82) is 0 Å². The van der Waals surface area contributed by atoms with Crippen LogP contribution in [-0.2, 0) is 17.9 Å². The molecule has 100 valence electrons. The molecule has 1 amide bonds. The van der Waals surface area contributed by atoms with Crippen molar-refractivity contribution in [2.75, 3.05) is 12.8 Å². The fraction of sp³-hybridized carbons (Fsp3) is 0.545. The van der Waals surface area contributed by atoms with Crippen molar-refractivity contribution in [3.05, 3.63) is 27.0 Å². The highest BCUT2D eigenvalue weighted by molar-refractivity contribution is 5.75. The van der Waals surface area contributed by atoms with Gasteiger partial charge in [-0.3, -0.25) is 18.7 Å². The highest BCUT2D eigenvalue weighted by Gasteiger charge is 2.08. The lowest BCUT2D eigenvalue weighted by Gasteiger charge is -2.09. The number of aryl methyl sites for hydroxylation is 1. The van der Waals surface area contributed by atoms with Gasteiger partial charge in [0.05, 0.1) is 0 Å². The lowest BCUT2D eigenvalue weighted by Crippen LogP contribution is -2.40. The van der Waals surface area contributed by atoms with Gasteiger partial charge in [0.15, 0.2) is 0 Å². The van der Waals surface area contributed by atoms with Gasteiger partial charge in [-0.25, -0.2) is 4.79 Å². The Bertz CT molecular complexity index is 544. The van der Waals surface area contributed by atoms with Gasteiger partial charge in [0.1, 0.15) is 5.69 Å². The number of amides is 1. The van der Waals surface area contributed by atoms with Crippen molar-refractivity contribution in [1.82, 2.24) is 14.5 Å². The first-order chi connectivity index (χ1) is 8.51. The Labute approximate surface area is 104 Å². The third-order valence-corrected chi connectivity index (χ3v) is 2.67. The highest BCUT2D eigenvalue weighted by Crippen LogP contribution is 1.94.